The summed E-state index contributed by atoms with van der Waals surface area (Å²) in [5.41, 5.74) is 0. The molecule has 2 aliphatic heterocycles. The average Bonchev–Trinajstić information content (AvgIpc) is 2.94. The minimum atomic E-state index is -2.49. The van der Waals surface area contributed by atoms with Crippen LogP contribution in [0, 0.1) is 5.92 Å². The van der Waals surface area contributed by atoms with E-state index in [1.54, 1.807) is 0 Å². The van der Waals surface area contributed by atoms with Crippen molar-refractivity contribution >= 4 is 0 Å². The van der Waals surface area contributed by atoms with Crippen LogP contribution in [-0.2, 0) is 6.54 Å². The smallest absolute Gasteiger partial charge is 0.312 e. The van der Waals surface area contributed by atoms with Crippen molar-refractivity contribution < 1.29 is 8.78 Å². The third-order valence-corrected chi connectivity index (χ3v) is 4.00. The van der Waals surface area contributed by atoms with Crippen molar-refractivity contribution in [3.05, 3.63) is 18.2 Å². The van der Waals surface area contributed by atoms with Crippen LogP contribution in [0.5, 0.6) is 0 Å². The molecule has 2 aliphatic rings. The van der Waals surface area contributed by atoms with Crippen LogP contribution in [0.4, 0.5) is 8.78 Å². The number of likely N-dealkylation sites (tertiary alicyclic amines) is 1. The first-order valence-corrected chi connectivity index (χ1v) is 6.49. The van der Waals surface area contributed by atoms with Crippen LogP contribution < -0.4 is 5.32 Å². The van der Waals surface area contributed by atoms with Gasteiger partial charge in [0.05, 0.1) is 6.54 Å². The fraction of sp³-hybridized carbons (Fsp3) is 0.750. The molecule has 6 heteroatoms. The van der Waals surface area contributed by atoms with E-state index < -0.39 is 6.55 Å². The number of hydrogen-bond donors (Lipinski definition) is 1. The Morgan fingerprint density at radius 2 is 2.33 bits per heavy atom. The molecule has 1 aromatic heterocycles. The van der Waals surface area contributed by atoms with Crippen LogP contribution in [0.25, 0.3) is 0 Å². The van der Waals surface area contributed by atoms with E-state index in [-0.39, 0.29) is 0 Å². The first-order chi connectivity index (χ1) is 8.74. The van der Waals surface area contributed by atoms with Gasteiger partial charge in [0.15, 0.2) is 0 Å². The number of hydrogen-bond acceptors (Lipinski definition) is 3. The quantitative estimate of drug-likeness (QED) is 0.889. The zero-order valence-corrected chi connectivity index (χ0v) is 10.2. The molecular weight excluding hydrogens is 238 g/mol. The van der Waals surface area contributed by atoms with Crippen molar-refractivity contribution in [1.29, 1.82) is 0 Å². The summed E-state index contributed by atoms with van der Waals surface area (Å²) < 4.78 is 26.4. The number of nitrogens with one attached hydrogen (secondary N) is 1. The summed E-state index contributed by atoms with van der Waals surface area (Å²) in [5, 5.41) is 3.51. The minimum absolute atomic E-state index is 0.462. The van der Waals surface area contributed by atoms with Gasteiger partial charge in [0, 0.05) is 31.5 Å². The molecular formula is C12H18F2N4. The molecule has 3 rings (SSSR count). The Kier molecular flexibility index (Phi) is 3.30. The summed E-state index contributed by atoms with van der Waals surface area (Å²) in [6.07, 6.45) is 5.27. The lowest BCUT2D eigenvalue weighted by Gasteiger charge is -2.24. The second-order valence-corrected chi connectivity index (χ2v) is 5.19. The first kappa shape index (κ1) is 12.0. The molecule has 18 heavy (non-hydrogen) atoms. The van der Waals surface area contributed by atoms with Gasteiger partial charge in [0.1, 0.15) is 5.82 Å². The monoisotopic (exact) mass is 256 g/mol. The molecule has 2 atom stereocenters. The molecule has 4 nitrogen and oxygen atoms in total. The van der Waals surface area contributed by atoms with Gasteiger partial charge in [-0.2, -0.15) is 8.78 Å². The number of nitrogens with zero attached hydrogens (tertiary/aromatic N) is 3. The summed E-state index contributed by atoms with van der Waals surface area (Å²) in [6, 6.07) is 0.536. The molecule has 3 heterocycles. The summed E-state index contributed by atoms with van der Waals surface area (Å²) in [4.78, 5) is 6.27. The fourth-order valence-corrected chi connectivity index (χ4v) is 3.11. The molecule has 0 amide bonds. The third kappa shape index (κ3) is 2.27. The summed E-state index contributed by atoms with van der Waals surface area (Å²) in [6.45, 7) is 1.05. The Hall–Kier alpha value is -1.01. The van der Waals surface area contributed by atoms with Crippen LogP contribution in [0.2, 0.25) is 0 Å². The van der Waals surface area contributed by atoms with E-state index in [0.29, 0.717) is 24.3 Å². The lowest BCUT2D eigenvalue weighted by atomic mass is 9.94. The van der Waals surface area contributed by atoms with Crippen LogP contribution >= 0.6 is 0 Å². The van der Waals surface area contributed by atoms with E-state index in [9.17, 15) is 8.78 Å². The molecule has 1 aromatic rings. The summed E-state index contributed by atoms with van der Waals surface area (Å²) >= 11 is 0. The highest BCUT2D eigenvalue weighted by atomic mass is 19.3. The lowest BCUT2D eigenvalue weighted by Crippen LogP contribution is -2.40. The zero-order chi connectivity index (χ0) is 12.5. The summed E-state index contributed by atoms with van der Waals surface area (Å²) in [7, 11) is 0. The van der Waals surface area contributed by atoms with Crippen LogP contribution in [-0.4, -0.2) is 40.1 Å². The fourth-order valence-electron chi connectivity index (χ4n) is 3.11. The first-order valence-electron chi connectivity index (χ1n) is 6.49. The normalized spacial score (nSPS) is 28.8. The van der Waals surface area contributed by atoms with E-state index >= 15 is 0 Å². The zero-order valence-electron chi connectivity index (χ0n) is 10.2. The average molecular weight is 256 g/mol. The molecule has 0 aliphatic carbocycles. The molecule has 0 spiro atoms. The summed E-state index contributed by atoms with van der Waals surface area (Å²) in [5.74, 6) is 1.14. The highest BCUT2D eigenvalue weighted by Gasteiger charge is 2.34. The maximum atomic E-state index is 12.7. The molecule has 100 valence electrons. The van der Waals surface area contributed by atoms with Crippen LogP contribution in [0.1, 0.15) is 25.2 Å². The largest absolute Gasteiger partial charge is 0.319 e. The van der Waals surface area contributed by atoms with Gasteiger partial charge in [-0.3, -0.25) is 9.47 Å². The molecule has 2 unspecified atom stereocenters. The van der Waals surface area contributed by atoms with Crippen LogP contribution in [0.15, 0.2) is 12.4 Å². The minimum Gasteiger partial charge on any atom is -0.312 e. The van der Waals surface area contributed by atoms with Crippen molar-refractivity contribution in [3.63, 3.8) is 0 Å². The van der Waals surface area contributed by atoms with Gasteiger partial charge in [-0.1, -0.05) is 0 Å². The maximum absolute atomic E-state index is 12.7. The van der Waals surface area contributed by atoms with Gasteiger partial charge < -0.3 is 5.32 Å². The Labute approximate surface area is 105 Å². The Bertz CT molecular complexity index is 393. The van der Waals surface area contributed by atoms with Gasteiger partial charge in [-0.05, 0) is 25.3 Å². The number of piperidine rings is 1. The van der Waals surface area contributed by atoms with E-state index in [2.05, 4.69) is 15.2 Å². The SMILES string of the molecule is FC(F)n1ccnc1CN1CC2CCCNC2C1. The van der Waals surface area contributed by atoms with Crippen molar-refractivity contribution in [3.8, 4) is 0 Å². The lowest BCUT2D eigenvalue weighted by molar-refractivity contribution is 0.0644. The number of imidazole rings is 1. The standard InChI is InChI=1S/C12H18F2N4/c13-12(14)18-5-4-16-11(18)8-17-6-9-2-1-3-15-10(9)7-17/h4-5,9-10,12,15H,1-3,6-8H2. The Balaban J connectivity index is 1.65. The van der Waals surface area contributed by atoms with E-state index in [4.69, 9.17) is 0 Å². The number of rotatable bonds is 3. The van der Waals surface area contributed by atoms with E-state index in [0.717, 1.165) is 24.2 Å². The molecule has 0 radical (unpaired) electrons. The number of halogens is 2. The third-order valence-electron chi connectivity index (χ3n) is 4.00. The topological polar surface area (TPSA) is 33.1 Å². The molecule has 0 aromatic carbocycles. The molecule has 2 saturated heterocycles. The van der Waals surface area contributed by atoms with Crippen LogP contribution in [0.3, 0.4) is 0 Å². The highest BCUT2D eigenvalue weighted by Crippen LogP contribution is 2.26. The van der Waals surface area contributed by atoms with Gasteiger partial charge in [0.25, 0.3) is 0 Å². The molecule has 1 N–H and O–H groups in total. The van der Waals surface area contributed by atoms with E-state index in [1.807, 2.05) is 0 Å². The Morgan fingerprint density at radius 3 is 3.11 bits per heavy atom. The van der Waals surface area contributed by atoms with Crippen molar-refractivity contribution in [2.75, 3.05) is 19.6 Å². The molecule has 0 bridgehead atoms. The van der Waals surface area contributed by atoms with E-state index in [1.165, 1.54) is 25.2 Å². The molecule has 2 fully saturated rings. The van der Waals surface area contributed by atoms with Gasteiger partial charge in [0.2, 0.25) is 0 Å². The van der Waals surface area contributed by atoms with Gasteiger partial charge >= 0.3 is 6.55 Å². The number of alkyl halides is 2. The van der Waals surface area contributed by atoms with Gasteiger partial charge in [-0.25, -0.2) is 4.98 Å². The maximum Gasteiger partial charge on any atom is 0.319 e. The second-order valence-electron chi connectivity index (χ2n) is 5.19. The number of fused-ring (bicyclic) bond motifs is 1. The number of aromatic nitrogens is 2. The highest BCUT2D eigenvalue weighted by molar-refractivity contribution is 4.97. The second kappa shape index (κ2) is 4.93. The van der Waals surface area contributed by atoms with Crippen molar-refractivity contribution in [2.45, 2.75) is 32.0 Å². The van der Waals surface area contributed by atoms with Crippen molar-refractivity contribution in [1.82, 2.24) is 19.8 Å². The van der Waals surface area contributed by atoms with Gasteiger partial charge in [-0.15, -0.1) is 0 Å². The van der Waals surface area contributed by atoms with Crippen molar-refractivity contribution in [2.24, 2.45) is 5.92 Å². The predicted octanol–water partition coefficient (Wildman–Crippen LogP) is 1.46. The Morgan fingerprint density at radius 1 is 1.44 bits per heavy atom. The molecule has 0 saturated carbocycles. The predicted molar refractivity (Wildman–Crippen MR) is 63.3 cm³/mol.